The van der Waals surface area contributed by atoms with Crippen LogP contribution in [0.4, 0.5) is 0 Å². The Labute approximate surface area is 183 Å². The molecule has 2 aromatic carbocycles. The van der Waals surface area contributed by atoms with E-state index in [1.54, 1.807) is 6.92 Å². The molecule has 2 aromatic rings. The minimum atomic E-state index is -0.889. The fourth-order valence-corrected chi connectivity index (χ4v) is 3.54. The summed E-state index contributed by atoms with van der Waals surface area (Å²) >= 11 is 0. The molecule has 6 heteroatoms. The number of rotatable bonds is 13. The van der Waals surface area contributed by atoms with E-state index in [9.17, 15) is 14.4 Å². The predicted octanol–water partition coefficient (Wildman–Crippen LogP) is 3.64. The maximum absolute atomic E-state index is 13.0. The molecule has 166 valence electrons. The van der Waals surface area contributed by atoms with E-state index in [2.05, 4.69) is 5.32 Å². The second-order valence-electron chi connectivity index (χ2n) is 7.55. The summed E-state index contributed by atoms with van der Waals surface area (Å²) in [6.07, 6.45) is 1.72. The largest absolute Gasteiger partial charge is 0.481 e. The van der Waals surface area contributed by atoms with Crippen molar-refractivity contribution in [3.8, 4) is 0 Å². The molecule has 2 rings (SSSR count). The van der Waals surface area contributed by atoms with E-state index in [0.29, 0.717) is 32.2 Å². The van der Waals surface area contributed by atoms with Gasteiger partial charge in [-0.3, -0.25) is 14.4 Å². The molecule has 2 atom stereocenters. The quantitative estimate of drug-likeness (QED) is 0.378. The Balaban J connectivity index is 2.14. The van der Waals surface area contributed by atoms with Gasteiger partial charge in [-0.15, -0.1) is 0 Å². The summed E-state index contributed by atoms with van der Waals surface area (Å²) < 4.78 is 5.30. The van der Waals surface area contributed by atoms with Gasteiger partial charge in [0, 0.05) is 18.9 Å². The normalized spacial score (nSPS) is 12.5. The summed E-state index contributed by atoms with van der Waals surface area (Å²) in [5.41, 5.74) is 2.02. The van der Waals surface area contributed by atoms with Gasteiger partial charge in [0.25, 0.3) is 0 Å². The third kappa shape index (κ3) is 9.03. The van der Waals surface area contributed by atoms with Gasteiger partial charge in [-0.05, 0) is 43.7 Å². The molecule has 2 N–H and O–H groups in total. The van der Waals surface area contributed by atoms with Crippen LogP contribution in [-0.2, 0) is 32.0 Å². The summed E-state index contributed by atoms with van der Waals surface area (Å²) in [5.74, 6) is -2.23. The number of carboxylic acids is 1. The predicted molar refractivity (Wildman–Crippen MR) is 118 cm³/mol. The Morgan fingerprint density at radius 1 is 0.903 bits per heavy atom. The average molecular weight is 426 g/mol. The molecule has 0 saturated heterocycles. The number of benzene rings is 2. The van der Waals surface area contributed by atoms with E-state index < -0.39 is 17.8 Å². The second kappa shape index (κ2) is 13.2. The van der Waals surface area contributed by atoms with Gasteiger partial charge in [0.15, 0.2) is 0 Å². The maximum Gasteiger partial charge on any atom is 0.309 e. The Morgan fingerprint density at radius 3 is 1.97 bits per heavy atom. The number of carboxylic acid groups (broad SMARTS) is 1. The maximum atomic E-state index is 13.0. The highest BCUT2D eigenvalue weighted by Crippen LogP contribution is 2.23. The first-order valence-corrected chi connectivity index (χ1v) is 10.7. The van der Waals surface area contributed by atoms with Crippen molar-refractivity contribution >= 4 is 17.8 Å². The molecule has 2 unspecified atom stereocenters. The highest BCUT2D eigenvalue weighted by atomic mass is 16.5. The first-order chi connectivity index (χ1) is 15.0. The van der Waals surface area contributed by atoms with Crippen molar-refractivity contribution in [3.63, 3.8) is 0 Å². The molecule has 6 nitrogen and oxygen atoms in total. The van der Waals surface area contributed by atoms with Gasteiger partial charge in [-0.2, -0.15) is 0 Å². The Hall–Kier alpha value is -3.15. The molecule has 0 heterocycles. The lowest BCUT2D eigenvalue weighted by molar-refractivity contribution is -0.149. The first kappa shape index (κ1) is 24.1. The Morgan fingerprint density at radius 2 is 1.45 bits per heavy atom. The Bertz CT molecular complexity index is 822. The zero-order chi connectivity index (χ0) is 22.5. The van der Waals surface area contributed by atoms with Gasteiger partial charge in [0.1, 0.15) is 0 Å². The van der Waals surface area contributed by atoms with Gasteiger partial charge in [-0.1, -0.05) is 60.7 Å². The highest BCUT2D eigenvalue weighted by molar-refractivity contribution is 5.80. The lowest BCUT2D eigenvalue weighted by atomic mass is 9.85. The lowest BCUT2D eigenvalue weighted by Gasteiger charge is -2.22. The summed E-state index contributed by atoms with van der Waals surface area (Å²) in [7, 11) is 0. The van der Waals surface area contributed by atoms with Crippen molar-refractivity contribution in [2.24, 2.45) is 11.8 Å². The van der Waals surface area contributed by atoms with Crippen molar-refractivity contribution in [1.29, 1.82) is 0 Å². The molecule has 1 amide bonds. The van der Waals surface area contributed by atoms with Crippen LogP contribution in [-0.4, -0.2) is 36.1 Å². The highest BCUT2D eigenvalue weighted by Gasteiger charge is 2.28. The monoisotopic (exact) mass is 425 g/mol. The molecule has 0 fully saturated rings. The Kier molecular flexibility index (Phi) is 10.3. The third-order valence-corrected chi connectivity index (χ3v) is 5.08. The number of ether oxygens (including phenoxy) is 1. The van der Waals surface area contributed by atoms with Crippen LogP contribution in [0.1, 0.15) is 37.3 Å². The van der Waals surface area contributed by atoms with Crippen molar-refractivity contribution in [3.05, 3.63) is 71.8 Å². The number of hydrogen-bond acceptors (Lipinski definition) is 4. The van der Waals surface area contributed by atoms with Crippen molar-refractivity contribution in [2.75, 3.05) is 13.2 Å². The minimum absolute atomic E-state index is 0.00307. The number of carbonyl (C=O) groups is 3. The smallest absolute Gasteiger partial charge is 0.309 e. The number of aliphatic carboxylic acids is 1. The van der Waals surface area contributed by atoms with Gasteiger partial charge >= 0.3 is 11.9 Å². The second-order valence-corrected chi connectivity index (χ2v) is 7.55. The molecule has 0 aliphatic rings. The molecular formula is C25H31NO5. The molecule has 0 bridgehead atoms. The fraction of sp³-hybridized carbons (Fsp3) is 0.400. The summed E-state index contributed by atoms with van der Waals surface area (Å²) in [6, 6.07) is 19.4. The zero-order valence-electron chi connectivity index (χ0n) is 18.0. The summed E-state index contributed by atoms with van der Waals surface area (Å²) in [6.45, 7) is 2.35. The van der Waals surface area contributed by atoms with E-state index in [-0.39, 0.29) is 24.9 Å². The average Bonchev–Trinajstić information content (AvgIpc) is 2.77. The van der Waals surface area contributed by atoms with E-state index >= 15 is 0 Å². The molecule has 0 aliphatic heterocycles. The van der Waals surface area contributed by atoms with Crippen LogP contribution in [0, 0.1) is 11.8 Å². The van der Waals surface area contributed by atoms with Gasteiger partial charge < -0.3 is 15.2 Å². The molecular weight excluding hydrogens is 394 g/mol. The van der Waals surface area contributed by atoms with Crippen LogP contribution in [0.25, 0.3) is 0 Å². The number of esters is 1. The topological polar surface area (TPSA) is 92.7 Å². The summed E-state index contributed by atoms with van der Waals surface area (Å²) in [4.78, 5) is 36.3. The molecule has 31 heavy (non-hydrogen) atoms. The number of carbonyl (C=O) groups excluding carboxylic acids is 2. The molecule has 0 aliphatic carbocycles. The SMILES string of the molecule is CCOC(=O)C(Cc1ccccc1)CC(Cc1ccccc1)C(=O)NCCCC(=O)O. The van der Waals surface area contributed by atoms with Crippen molar-refractivity contribution in [2.45, 2.75) is 39.0 Å². The first-order valence-electron chi connectivity index (χ1n) is 10.7. The van der Waals surface area contributed by atoms with Crippen molar-refractivity contribution < 1.29 is 24.2 Å². The van der Waals surface area contributed by atoms with Crippen molar-refractivity contribution in [1.82, 2.24) is 5.32 Å². The number of hydrogen-bond donors (Lipinski definition) is 2. The summed E-state index contributed by atoms with van der Waals surface area (Å²) in [5, 5.41) is 11.6. The third-order valence-electron chi connectivity index (χ3n) is 5.08. The van der Waals surface area contributed by atoms with E-state index in [0.717, 1.165) is 11.1 Å². The van der Waals surface area contributed by atoms with Gasteiger partial charge in [0.05, 0.1) is 12.5 Å². The zero-order valence-corrected chi connectivity index (χ0v) is 18.0. The van der Waals surface area contributed by atoms with Crippen LogP contribution < -0.4 is 5.32 Å². The molecule has 0 spiro atoms. The van der Waals surface area contributed by atoms with Crippen LogP contribution in [0.5, 0.6) is 0 Å². The molecule has 0 aromatic heterocycles. The van der Waals surface area contributed by atoms with Gasteiger partial charge in [0.2, 0.25) is 5.91 Å². The number of amides is 1. The van der Waals surface area contributed by atoms with E-state index in [4.69, 9.17) is 9.84 Å². The molecule has 0 saturated carbocycles. The fourth-order valence-electron chi connectivity index (χ4n) is 3.54. The van der Waals surface area contributed by atoms with Crippen LogP contribution in [0.2, 0.25) is 0 Å². The molecule has 0 radical (unpaired) electrons. The van der Waals surface area contributed by atoms with Crippen LogP contribution >= 0.6 is 0 Å². The lowest BCUT2D eigenvalue weighted by Crippen LogP contribution is -2.36. The van der Waals surface area contributed by atoms with E-state index in [1.807, 2.05) is 60.7 Å². The van der Waals surface area contributed by atoms with Crippen LogP contribution in [0.3, 0.4) is 0 Å². The standard InChI is InChI=1S/C25H31NO5/c1-2-31-25(30)22(17-20-12-7-4-8-13-20)18-21(16-19-10-5-3-6-11-19)24(29)26-15-9-14-23(27)28/h3-8,10-13,21-22H,2,9,14-18H2,1H3,(H,26,29)(H,27,28). The number of nitrogens with one attached hydrogen (secondary N) is 1. The van der Waals surface area contributed by atoms with Crippen LogP contribution in [0.15, 0.2) is 60.7 Å². The van der Waals surface area contributed by atoms with E-state index in [1.165, 1.54) is 0 Å². The van der Waals surface area contributed by atoms with Gasteiger partial charge in [-0.25, -0.2) is 0 Å². The minimum Gasteiger partial charge on any atom is -0.481 e.